The number of carbonyl (C=O) groups is 1. The molecule has 3 aromatic rings. The second-order valence-electron chi connectivity index (χ2n) is 5.37. The summed E-state index contributed by atoms with van der Waals surface area (Å²) < 4.78 is 5.31. The summed E-state index contributed by atoms with van der Waals surface area (Å²) in [6.07, 6.45) is 2.32. The molecule has 2 aromatic heterocycles. The van der Waals surface area contributed by atoms with Crippen LogP contribution < -0.4 is 0 Å². The largest absolute Gasteiger partial charge is 0.462 e. The van der Waals surface area contributed by atoms with Gasteiger partial charge >= 0.3 is 5.97 Å². The smallest absolute Gasteiger partial charge is 0.316 e. The topological polar surface area (TPSA) is 52.1 Å². The highest BCUT2D eigenvalue weighted by Crippen LogP contribution is 2.36. The molecule has 0 aliphatic heterocycles. The Morgan fingerprint density at radius 2 is 2.08 bits per heavy atom. The fourth-order valence-electron chi connectivity index (χ4n) is 2.16. The van der Waals surface area contributed by atoms with E-state index in [4.69, 9.17) is 4.74 Å². The standard InChI is InChI=1S/C18H18N2O2S2/c1-3-12(2)22-16(21)10-23-17-14-9-15(13-7-5-4-6-8-13)24-18(14)20-11-19-17/h4-9,11-12H,3,10H2,1-2H3. The van der Waals surface area contributed by atoms with E-state index in [-0.39, 0.29) is 17.8 Å². The SMILES string of the molecule is CCC(C)OC(=O)CSc1ncnc2sc(-c3ccccc3)cc12. The first kappa shape index (κ1) is 16.9. The van der Waals surface area contributed by atoms with Crippen molar-refractivity contribution in [2.75, 3.05) is 5.75 Å². The highest BCUT2D eigenvalue weighted by molar-refractivity contribution is 8.00. The molecule has 1 aromatic carbocycles. The third-order valence-corrected chi connectivity index (χ3v) is 5.66. The Morgan fingerprint density at radius 3 is 2.83 bits per heavy atom. The molecular weight excluding hydrogens is 340 g/mol. The highest BCUT2D eigenvalue weighted by atomic mass is 32.2. The maximum absolute atomic E-state index is 11.9. The van der Waals surface area contributed by atoms with E-state index in [1.165, 1.54) is 11.8 Å². The van der Waals surface area contributed by atoms with Crippen LogP contribution in [0.15, 0.2) is 47.8 Å². The monoisotopic (exact) mass is 358 g/mol. The average Bonchev–Trinajstić information content (AvgIpc) is 3.05. The van der Waals surface area contributed by atoms with Crippen LogP contribution in [0.1, 0.15) is 20.3 Å². The minimum absolute atomic E-state index is 0.0469. The van der Waals surface area contributed by atoms with Crippen LogP contribution in [-0.2, 0) is 9.53 Å². The van der Waals surface area contributed by atoms with Crippen molar-refractivity contribution in [3.63, 3.8) is 0 Å². The zero-order chi connectivity index (χ0) is 16.9. The van der Waals surface area contributed by atoms with Crippen molar-refractivity contribution in [1.82, 2.24) is 9.97 Å². The number of hydrogen-bond donors (Lipinski definition) is 0. The number of aromatic nitrogens is 2. The number of nitrogens with zero attached hydrogens (tertiary/aromatic N) is 2. The van der Waals surface area contributed by atoms with Gasteiger partial charge in [0, 0.05) is 10.3 Å². The molecule has 2 heterocycles. The number of fused-ring (bicyclic) bond motifs is 1. The summed E-state index contributed by atoms with van der Waals surface area (Å²) in [7, 11) is 0. The Hall–Kier alpha value is -1.92. The summed E-state index contributed by atoms with van der Waals surface area (Å²) in [5.74, 6) is 0.0482. The van der Waals surface area contributed by atoms with Crippen molar-refractivity contribution >= 4 is 39.3 Å². The van der Waals surface area contributed by atoms with E-state index in [1.807, 2.05) is 32.0 Å². The van der Waals surface area contributed by atoms with E-state index in [2.05, 4.69) is 28.2 Å². The first-order valence-electron chi connectivity index (χ1n) is 7.79. The van der Waals surface area contributed by atoms with Gasteiger partial charge in [0.15, 0.2) is 0 Å². The normalized spacial score (nSPS) is 12.2. The summed E-state index contributed by atoms with van der Waals surface area (Å²) in [4.78, 5) is 22.6. The van der Waals surface area contributed by atoms with Gasteiger partial charge in [-0.05, 0) is 25.0 Å². The number of thiophene rings is 1. The van der Waals surface area contributed by atoms with E-state index in [0.29, 0.717) is 0 Å². The van der Waals surface area contributed by atoms with Crippen LogP contribution in [0.5, 0.6) is 0 Å². The van der Waals surface area contributed by atoms with Crippen molar-refractivity contribution in [3.05, 3.63) is 42.7 Å². The Kier molecular flexibility index (Phi) is 5.48. The Morgan fingerprint density at radius 1 is 1.29 bits per heavy atom. The average molecular weight is 358 g/mol. The van der Waals surface area contributed by atoms with Crippen molar-refractivity contribution in [3.8, 4) is 10.4 Å². The molecule has 3 rings (SSSR count). The molecule has 0 fully saturated rings. The van der Waals surface area contributed by atoms with Gasteiger partial charge in [-0.25, -0.2) is 9.97 Å². The minimum Gasteiger partial charge on any atom is -0.462 e. The molecular formula is C18H18N2O2S2. The van der Waals surface area contributed by atoms with Crippen LogP contribution in [-0.4, -0.2) is 27.8 Å². The molecule has 6 heteroatoms. The molecule has 0 amide bonds. The van der Waals surface area contributed by atoms with Crippen LogP contribution in [0.2, 0.25) is 0 Å². The highest BCUT2D eigenvalue weighted by Gasteiger charge is 2.13. The van der Waals surface area contributed by atoms with Gasteiger partial charge in [0.2, 0.25) is 0 Å². The third-order valence-electron chi connectivity index (χ3n) is 3.59. The fraction of sp³-hybridized carbons (Fsp3) is 0.278. The van der Waals surface area contributed by atoms with Crippen molar-refractivity contribution in [1.29, 1.82) is 0 Å². The summed E-state index contributed by atoms with van der Waals surface area (Å²) >= 11 is 3.03. The van der Waals surface area contributed by atoms with Gasteiger partial charge in [0.1, 0.15) is 16.2 Å². The zero-order valence-corrected chi connectivity index (χ0v) is 15.2. The quantitative estimate of drug-likeness (QED) is 0.360. The zero-order valence-electron chi connectivity index (χ0n) is 13.6. The lowest BCUT2D eigenvalue weighted by atomic mass is 10.2. The van der Waals surface area contributed by atoms with Gasteiger partial charge in [-0.2, -0.15) is 0 Å². The molecule has 0 N–H and O–H groups in total. The third kappa shape index (κ3) is 3.94. The minimum atomic E-state index is -0.209. The van der Waals surface area contributed by atoms with Gasteiger partial charge in [0.05, 0.1) is 11.9 Å². The van der Waals surface area contributed by atoms with E-state index >= 15 is 0 Å². The molecule has 0 saturated carbocycles. The molecule has 0 spiro atoms. The van der Waals surface area contributed by atoms with Gasteiger partial charge in [0.25, 0.3) is 0 Å². The fourth-order valence-corrected chi connectivity index (χ4v) is 3.99. The molecule has 4 nitrogen and oxygen atoms in total. The molecule has 0 radical (unpaired) electrons. The molecule has 0 bridgehead atoms. The number of rotatable bonds is 6. The van der Waals surface area contributed by atoms with Gasteiger partial charge < -0.3 is 4.74 Å². The lowest BCUT2D eigenvalue weighted by Crippen LogP contribution is -2.15. The van der Waals surface area contributed by atoms with Gasteiger partial charge in [-0.3, -0.25) is 4.79 Å². The molecule has 124 valence electrons. The lowest BCUT2D eigenvalue weighted by molar-refractivity contribution is -0.144. The number of ether oxygens (including phenoxy) is 1. The first-order chi connectivity index (χ1) is 11.7. The summed E-state index contributed by atoms with van der Waals surface area (Å²) in [6.45, 7) is 3.89. The second-order valence-corrected chi connectivity index (χ2v) is 7.37. The second kappa shape index (κ2) is 7.77. The molecule has 1 unspecified atom stereocenters. The molecule has 1 atom stereocenters. The Labute approximate surface area is 149 Å². The summed E-state index contributed by atoms with van der Waals surface area (Å²) in [5.41, 5.74) is 1.16. The number of esters is 1. The van der Waals surface area contributed by atoms with E-state index in [9.17, 15) is 4.79 Å². The van der Waals surface area contributed by atoms with Crippen LogP contribution in [0.4, 0.5) is 0 Å². The summed E-state index contributed by atoms with van der Waals surface area (Å²) in [5, 5.41) is 1.81. The number of hydrogen-bond acceptors (Lipinski definition) is 6. The van der Waals surface area contributed by atoms with Crippen molar-refractivity contribution in [2.24, 2.45) is 0 Å². The molecule has 0 saturated heterocycles. The maximum Gasteiger partial charge on any atom is 0.316 e. The van der Waals surface area contributed by atoms with E-state index in [1.54, 1.807) is 17.7 Å². The number of carbonyl (C=O) groups excluding carboxylic acids is 1. The van der Waals surface area contributed by atoms with Crippen molar-refractivity contribution < 1.29 is 9.53 Å². The lowest BCUT2D eigenvalue weighted by Gasteiger charge is -2.10. The maximum atomic E-state index is 11.9. The Bertz CT molecular complexity index is 833. The van der Waals surface area contributed by atoms with E-state index in [0.717, 1.165) is 32.1 Å². The molecule has 0 aliphatic carbocycles. The van der Waals surface area contributed by atoms with Crippen LogP contribution in [0.3, 0.4) is 0 Å². The van der Waals surface area contributed by atoms with Crippen LogP contribution in [0.25, 0.3) is 20.7 Å². The molecule has 0 aliphatic rings. The van der Waals surface area contributed by atoms with Gasteiger partial charge in [-0.15, -0.1) is 11.3 Å². The summed E-state index contributed by atoms with van der Waals surface area (Å²) in [6, 6.07) is 12.3. The Balaban J connectivity index is 1.79. The van der Waals surface area contributed by atoms with Crippen LogP contribution in [0, 0.1) is 0 Å². The van der Waals surface area contributed by atoms with E-state index < -0.39 is 0 Å². The number of thioether (sulfide) groups is 1. The van der Waals surface area contributed by atoms with Crippen molar-refractivity contribution in [2.45, 2.75) is 31.4 Å². The predicted octanol–water partition coefficient (Wildman–Crippen LogP) is 4.79. The first-order valence-corrected chi connectivity index (χ1v) is 9.59. The molecule has 24 heavy (non-hydrogen) atoms. The predicted molar refractivity (Wildman–Crippen MR) is 99.4 cm³/mol. The van der Waals surface area contributed by atoms with Crippen LogP contribution >= 0.6 is 23.1 Å². The number of benzene rings is 1. The van der Waals surface area contributed by atoms with Gasteiger partial charge in [-0.1, -0.05) is 49.0 Å².